The Bertz CT molecular complexity index is 1560. The fraction of sp³-hybridized carbons (Fsp3) is 0.375. The molecule has 9 nitrogen and oxygen atoms in total. The zero-order valence-electron chi connectivity index (χ0n) is 23.3. The smallest absolute Gasteiger partial charge is 0.335 e. The molecule has 41 heavy (non-hydrogen) atoms. The van der Waals surface area contributed by atoms with E-state index in [1.54, 1.807) is 37.4 Å². The average molecular weight is 555 g/mol. The number of imide groups is 2. The van der Waals surface area contributed by atoms with Gasteiger partial charge in [0.2, 0.25) is 5.91 Å². The summed E-state index contributed by atoms with van der Waals surface area (Å²) in [7, 11) is 1.56. The highest BCUT2D eigenvalue weighted by Crippen LogP contribution is 2.40. The molecule has 0 aliphatic carbocycles. The number of rotatable bonds is 7. The number of nitrogens with zero attached hydrogens (tertiary/aromatic N) is 3. The van der Waals surface area contributed by atoms with Gasteiger partial charge >= 0.3 is 6.03 Å². The molecule has 2 aromatic carbocycles. The fourth-order valence-electron chi connectivity index (χ4n) is 6.82. The second kappa shape index (κ2) is 10.6. The van der Waals surface area contributed by atoms with Gasteiger partial charge in [0.05, 0.1) is 12.8 Å². The molecule has 212 valence electrons. The summed E-state index contributed by atoms with van der Waals surface area (Å²) in [5.74, 6) is -0.250. The Kier molecular flexibility index (Phi) is 6.99. The van der Waals surface area contributed by atoms with E-state index in [1.807, 2.05) is 47.9 Å². The molecule has 2 saturated heterocycles. The molecule has 1 N–H and O–H groups in total. The summed E-state index contributed by atoms with van der Waals surface area (Å²) in [6.07, 6.45) is 1.84. The van der Waals surface area contributed by atoms with Gasteiger partial charge in [-0.15, -0.1) is 0 Å². The van der Waals surface area contributed by atoms with Crippen molar-refractivity contribution in [1.82, 2.24) is 14.8 Å². The number of hydrogen-bond acceptors (Lipinski definition) is 6. The van der Waals surface area contributed by atoms with E-state index in [0.717, 1.165) is 29.0 Å². The van der Waals surface area contributed by atoms with Crippen molar-refractivity contribution in [1.29, 1.82) is 0 Å². The summed E-state index contributed by atoms with van der Waals surface area (Å²) in [6.45, 7) is 4.03. The van der Waals surface area contributed by atoms with Gasteiger partial charge in [-0.2, -0.15) is 0 Å². The van der Waals surface area contributed by atoms with Crippen molar-refractivity contribution >= 4 is 23.5 Å². The molecule has 3 aromatic rings. The largest absolute Gasteiger partial charge is 0.496 e. The molecule has 1 aromatic heterocycles. The third-order valence-electron chi connectivity index (χ3n) is 8.81. The lowest BCUT2D eigenvalue weighted by Crippen LogP contribution is -2.68. The summed E-state index contributed by atoms with van der Waals surface area (Å²) >= 11 is 0. The van der Waals surface area contributed by atoms with E-state index in [9.17, 15) is 19.2 Å². The number of nitrogens with one attached hydrogen (secondary N) is 1. The number of ether oxygens (including phenoxy) is 1. The van der Waals surface area contributed by atoms with E-state index in [0.29, 0.717) is 36.6 Å². The molecule has 0 radical (unpaired) electrons. The lowest BCUT2D eigenvalue weighted by molar-refractivity contribution is -0.144. The summed E-state index contributed by atoms with van der Waals surface area (Å²) in [4.78, 5) is 57.4. The predicted molar refractivity (Wildman–Crippen MR) is 154 cm³/mol. The highest BCUT2D eigenvalue weighted by Gasteiger charge is 2.56. The minimum Gasteiger partial charge on any atom is -0.496 e. The highest BCUT2D eigenvalue weighted by atomic mass is 16.5. The van der Waals surface area contributed by atoms with Crippen molar-refractivity contribution in [2.75, 3.05) is 31.6 Å². The van der Waals surface area contributed by atoms with Gasteiger partial charge in [-0.3, -0.25) is 19.7 Å². The van der Waals surface area contributed by atoms with Crippen molar-refractivity contribution in [3.05, 3.63) is 93.9 Å². The number of pyridine rings is 1. The van der Waals surface area contributed by atoms with Crippen molar-refractivity contribution in [2.24, 2.45) is 11.3 Å². The molecule has 4 amide bonds. The van der Waals surface area contributed by atoms with E-state index in [-0.39, 0.29) is 30.4 Å². The number of likely N-dealkylation sites (tertiary alicyclic amines) is 1. The molecular formula is C32H34N4O5. The minimum atomic E-state index is -1.58. The first kappa shape index (κ1) is 27.0. The van der Waals surface area contributed by atoms with Gasteiger partial charge in [0, 0.05) is 50.3 Å². The normalized spacial score (nSPS) is 24.1. The Morgan fingerprint density at radius 1 is 0.927 bits per heavy atom. The first-order chi connectivity index (χ1) is 19.8. The molecule has 0 spiro atoms. The lowest BCUT2D eigenvalue weighted by atomic mass is 9.75. The van der Waals surface area contributed by atoms with Crippen LogP contribution in [0, 0.1) is 11.3 Å². The van der Waals surface area contributed by atoms with Crippen LogP contribution in [-0.4, -0.2) is 54.1 Å². The molecule has 2 fully saturated rings. The fourth-order valence-corrected chi connectivity index (χ4v) is 6.82. The number of anilines is 1. The second-order valence-corrected chi connectivity index (χ2v) is 11.4. The Balaban J connectivity index is 1.39. The van der Waals surface area contributed by atoms with Crippen LogP contribution in [0.25, 0.3) is 0 Å². The van der Waals surface area contributed by atoms with Gasteiger partial charge in [0.1, 0.15) is 11.2 Å². The standard InChI is InChI=1S/C32H34N4O5/c1-3-21-11-13-25(14-12-21)36-30(39)32(29(38)33-31(36)40,16-23-7-4-5-9-27(23)41-2)20-34-17-22-15-24(19-34)26-8-6-10-28(37)35(26)18-22/h4-14,22,24H,3,15-20H2,1-2H3,(H,33,38,40)/t22-,24-,32-/m1/s1. The van der Waals surface area contributed by atoms with Crippen molar-refractivity contribution < 1.29 is 19.1 Å². The number of urea groups is 1. The Labute approximate surface area is 238 Å². The first-order valence-corrected chi connectivity index (χ1v) is 14.2. The maximum absolute atomic E-state index is 14.5. The van der Waals surface area contributed by atoms with Crippen LogP contribution in [0.1, 0.15) is 36.1 Å². The van der Waals surface area contributed by atoms with E-state index in [4.69, 9.17) is 4.74 Å². The second-order valence-electron chi connectivity index (χ2n) is 11.4. The van der Waals surface area contributed by atoms with Crippen molar-refractivity contribution in [3.8, 4) is 5.75 Å². The predicted octanol–water partition coefficient (Wildman–Crippen LogP) is 3.35. The third kappa shape index (κ3) is 4.74. The molecule has 2 bridgehead atoms. The number of carbonyl (C=O) groups excluding carboxylic acids is 3. The number of methoxy groups -OCH3 is 1. The molecule has 3 atom stereocenters. The zero-order chi connectivity index (χ0) is 28.7. The molecule has 4 heterocycles. The number of benzene rings is 2. The Morgan fingerprint density at radius 2 is 1.71 bits per heavy atom. The van der Waals surface area contributed by atoms with Crippen molar-refractivity contribution in [3.63, 3.8) is 0 Å². The lowest BCUT2D eigenvalue weighted by Gasteiger charge is -2.47. The summed E-state index contributed by atoms with van der Waals surface area (Å²) in [5.41, 5.74) is 1.63. The number of carbonyl (C=O) groups is 3. The number of para-hydroxylation sites is 1. The highest BCUT2D eigenvalue weighted by molar-refractivity contribution is 6.30. The monoisotopic (exact) mass is 554 g/mol. The van der Waals surface area contributed by atoms with E-state index >= 15 is 0 Å². The SMILES string of the molecule is CCc1ccc(N2C(=O)NC(=O)[C@@](Cc3ccccc3OC)(CN3C[C@H]4C[C@H](C3)c3cccc(=O)n3C4)C2=O)cc1. The Hall–Kier alpha value is -4.24. The molecule has 0 saturated carbocycles. The molecule has 0 unspecified atom stereocenters. The molecule has 9 heteroatoms. The molecule has 3 aliphatic rings. The van der Waals surface area contributed by atoms with Gasteiger partial charge < -0.3 is 14.2 Å². The van der Waals surface area contributed by atoms with E-state index in [2.05, 4.69) is 10.2 Å². The van der Waals surface area contributed by atoms with Crippen LogP contribution in [0.15, 0.2) is 71.5 Å². The number of barbiturate groups is 1. The summed E-state index contributed by atoms with van der Waals surface area (Å²) in [6, 6.07) is 19.3. The maximum atomic E-state index is 14.5. The van der Waals surface area contributed by atoms with Gasteiger partial charge in [-0.05, 0) is 54.2 Å². The molecule has 3 aliphatic heterocycles. The Morgan fingerprint density at radius 3 is 2.46 bits per heavy atom. The number of hydrogen-bond donors (Lipinski definition) is 1. The zero-order valence-corrected chi connectivity index (χ0v) is 23.3. The van der Waals surface area contributed by atoms with E-state index < -0.39 is 23.3 Å². The average Bonchev–Trinajstić information content (AvgIpc) is 2.97. The summed E-state index contributed by atoms with van der Waals surface area (Å²) < 4.78 is 7.45. The van der Waals surface area contributed by atoms with Crippen LogP contribution < -0.4 is 20.5 Å². The molecular weight excluding hydrogens is 520 g/mol. The number of amides is 4. The maximum Gasteiger partial charge on any atom is 0.335 e. The third-order valence-corrected chi connectivity index (χ3v) is 8.81. The van der Waals surface area contributed by atoms with Crippen LogP contribution in [0.4, 0.5) is 10.5 Å². The van der Waals surface area contributed by atoms with E-state index in [1.165, 1.54) is 0 Å². The minimum absolute atomic E-state index is 0.00312. The number of aryl methyl sites for hydroxylation is 1. The number of fused-ring (bicyclic) bond motifs is 4. The summed E-state index contributed by atoms with van der Waals surface area (Å²) in [5, 5.41) is 2.51. The van der Waals surface area contributed by atoms with Crippen LogP contribution in [0.2, 0.25) is 0 Å². The van der Waals surface area contributed by atoms with Gasteiger partial charge in [-0.1, -0.05) is 43.3 Å². The van der Waals surface area contributed by atoms with Crippen LogP contribution in [-0.2, 0) is 29.0 Å². The molecule has 6 rings (SSSR count). The van der Waals surface area contributed by atoms with Crippen molar-refractivity contribution in [2.45, 2.75) is 38.6 Å². The number of aromatic nitrogens is 1. The quantitative estimate of drug-likeness (QED) is 0.450. The van der Waals surface area contributed by atoms with Gasteiger partial charge in [0.15, 0.2) is 0 Å². The van der Waals surface area contributed by atoms with Crippen LogP contribution >= 0.6 is 0 Å². The van der Waals surface area contributed by atoms with Gasteiger partial charge in [-0.25, -0.2) is 9.69 Å². The number of piperidine rings is 1. The first-order valence-electron chi connectivity index (χ1n) is 14.2. The topological polar surface area (TPSA) is 101 Å². The van der Waals surface area contributed by atoms with Gasteiger partial charge in [0.25, 0.3) is 11.5 Å². The van der Waals surface area contributed by atoms with Crippen LogP contribution in [0.5, 0.6) is 5.75 Å². The van der Waals surface area contributed by atoms with Crippen LogP contribution in [0.3, 0.4) is 0 Å².